The van der Waals surface area contributed by atoms with Crippen LogP contribution in [0.5, 0.6) is 0 Å². The smallest absolute Gasteiger partial charge is 0.0598 e. The van der Waals surface area contributed by atoms with Crippen LogP contribution in [0.1, 0.15) is 47.5 Å². The second-order valence-corrected chi connectivity index (χ2v) is 5.94. The van der Waals surface area contributed by atoms with Crippen molar-refractivity contribution >= 4 is 0 Å². The third-order valence-electron chi connectivity index (χ3n) is 3.00. The molecule has 0 saturated heterocycles. The molecule has 0 atom stereocenters. The fourth-order valence-corrected chi connectivity index (χ4v) is 1.35. The van der Waals surface area contributed by atoms with E-state index < -0.39 is 0 Å². The van der Waals surface area contributed by atoms with E-state index in [9.17, 15) is 0 Å². The highest BCUT2D eigenvalue weighted by Crippen LogP contribution is 2.47. The van der Waals surface area contributed by atoms with Crippen molar-refractivity contribution in [2.24, 2.45) is 11.1 Å². The Bertz CT molecular complexity index is 187. The molecule has 0 amide bonds. The molecule has 1 fully saturated rings. The van der Waals surface area contributed by atoms with Gasteiger partial charge in [-0.05, 0) is 33.6 Å². The van der Waals surface area contributed by atoms with Gasteiger partial charge in [0.05, 0.1) is 12.2 Å². The van der Waals surface area contributed by atoms with Crippen molar-refractivity contribution in [3.05, 3.63) is 0 Å². The minimum Gasteiger partial charge on any atom is -0.375 e. The van der Waals surface area contributed by atoms with Gasteiger partial charge in [0, 0.05) is 11.0 Å². The SMILES string of the molecule is CC(C)(C)OCC(C)(C)C1(N)CC1. The summed E-state index contributed by atoms with van der Waals surface area (Å²) in [5.74, 6) is 0. The number of hydrogen-bond donors (Lipinski definition) is 1. The Balaban J connectivity index is 2.44. The second kappa shape index (κ2) is 2.96. The number of ether oxygens (including phenoxy) is 1. The molecule has 1 rings (SSSR count). The standard InChI is InChI=1S/C11H23NO/c1-9(2,3)13-8-10(4,5)11(12)6-7-11/h6-8,12H2,1-5H3. The van der Waals surface area contributed by atoms with Gasteiger partial charge in [-0.25, -0.2) is 0 Å². The van der Waals surface area contributed by atoms with Crippen LogP contribution >= 0.6 is 0 Å². The maximum atomic E-state index is 6.17. The monoisotopic (exact) mass is 185 g/mol. The van der Waals surface area contributed by atoms with Crippen LogP contribution in [0.3, 0.4) is 0 Å². The summed E-state index contributed by atoms with van der Waals surface area (Å²) in [6.07, 6.45) is 2.29. The van der Waals surface area contributed by atoms with Crippen molar-refractivity contribution < 1.29 is 4.74 Å². The Kier molecular flexibility index (Phi) is 2.50. The van der Waals surface area contributed by atoms with Gasteiger partial charge in [0.25, 0.3) is 0 Å². The van der Waals surface area contributed by atoms with E-state index in [1.165, 1.54) is 0 Å². The molecule has 0 spiro atoms. The number of hydrogen-bond acceptors (Lipinski definition) is 2. The van der Waals surface area contributed by atoms with Gasteiger partial charge in [-0.2, -0.15) is 0 Å². The summed E-state index contributed by atoms with van der Waals surface area (Å²) in [7, 11) is 0. The molecule has 2 heteroatoms. The Hall–Kier alpha value is -0.0800. The molecule has 2 N–H and O–H groups in total. The molecule has 1 saturated carbocycles. The van der Waals surface area contributed by atoms with Crippen LogP contribution in [-0.4, -0.2) is 17.7 Å². The number of nitrogens with two attached hydrogens (primary N) is 1. The third-order valence-corrected chi connectivity index (χ3v) is 3.00. The Morgan fingerprint density at radius 2 is 1.62 bits per heavy atom. The van der Waals surface area contributed by atoms with Crippen molar-refractivity contribution in [2.45, 2.75) is 58.6 Å². The van der Waals surface area contributed by atoms with Crippen LogP contribution in [0.2, 0.25) is 0 Å². The second-order valence-electron chi connectivity index (χ2n) is 5.94. The van der Waals surface area contributed by atoms with Crippen LogP contribution < -0.4 is 5.73 Å². The zero-order valence-electron chi connectivity index (χ0n) is 9.61. The van der Waals surface area contributed by atoms with Crippen LogP contribution in [0.4, 0.5) is 0 Å². The zero-order valence-corrected chi connectivity index (χ0v) is 9.61. The molecule has 13 heavy (non-hydrogen) atoms. The van der Waals surface area contributed by atoms with E-state index in [1.807, 2.05) is 0 Å². The third kappa shape index (κ3) is 2.68. The van der Waals surface area contributed by atoms with Gasteiger partial charge in [-0.15, -0.1) is 0 Å². The summed E-state index contributed by atoms with van der Waals surface area (Å²) >= 11 is 0. The molecule has 0 unspecified atom stereocenters. The topological polar surface area (TPSA) is 35.2 Å². The Morgan fingerprint density at radius 1 is 1.15 bits per heavy atom. The summed E-state index contributed by atoms with van der Waals surface area (Å²) in [5, 5.41) is 0. The highest BCUT2D eigenvalue weighted by molar-refractivity contribution is 5.08. The molecule has 0 bridgehead atoms. The first-order valence-corrected chi connectivity index (χ1v) is 5.09. The lowest BCUT2D eigenvalue weighted by Crippen LogP contribution is -2.44. The molecule has 0 radical (unpaired) electrons. The van der Waals surface area contributed by atoms with Crippen LogP contribution in [0.25, 0.3) is 0 Å². The zero-order chi connectivity index (χ0) is 10.3. The molecular formula is C11H23NO. The lowest BCUT2D eigenvalue weighted by Gasteiger charge is -2.34. The minimum atomic E-state index is -0.0531. The van der Waals surface area contributed by atoms with E-state index in [1.54, 1.807) is 0 Å². The average molecular weight is 185 g/mol. The van der Waals surface area contributed by atoms with Crippen molar-refractivity contribution in [3.8, 4) is 0 Å². The van der Waals surface area contributed by atoms with Gasteiger partial charge in [0.15, 0.2) is 0 Å². The molecule has 1 aliphatic carbocycles. The maximum absolute atomic E-state index is 6.17. The van der Waals surface area contributed by atoms with Gasteiger partial charge in [0.2, 0.25) is 0 Å². The maximum Gasteiger partial charge on any atom is 0.0598 e. The molecule has 2 nitrogen and oxygen atoms in total. The predicted octanol–water partition coefficient (Wildman–Crippen LogP) is 2.32. The van der Waals surface area contributed by atoms with Gasteiger partial charge in [-0.1, -0.05) is 13.8 Å². The van der Waals surface area contributed by atoms with E-state index in [0.29, 0.717) is 0 Å². The summed E-state index contributed by atoms with van der Waals surface area (Å²) in [4.78, 5) is 0. The van der Waals surface area contributed by atoms with Crippen LogP contribution in [0, 0.1) is 5.41 Å². The molecule has 1 aliphatic rings. The molecular weight excluding hydrogens is 162 g/mol. The first kappa shape index (κ1) is 11.0. The predicted molar refractivity (Wildman–Crippen MR) is 55.6 cm³/mol. The summed E-state index contributed by atoms with van der Waals surface area (Å²) < 4.78 is 5.78. The van der Waals surface area contributed by atoms with E-state index in [-0.39, 0.29) is 16.6 Å². The van der Waals surface area contributed by atoms with Gasteiger partial charge < -0.3 is 10.5 Å². The quantitative estimate of drug-likeness (QED) is 0.732. The van der Waals surface area contributed by atoms with Crippen molar-refractivity contribution in [3.63, 3.8) is 0 Å². The molecule has 0 aromatic carbocycles. The molecule has 0 aliphatic heterocycles. The van der Waals surface area contributed by atoms with Crippen molar-refractivity contribution in [2.75, 3.05) is 6.61 Å². The van der Waals surface area contributed by atoms with E-state index in [4.69, 9.17) is 10.5 Å². The van der Waals surface area contributed by atoms with Crippen molar-refractivity contribution in [1.82, 2.24) is 0 Å². The average Bonchev–Trinajstić information content (AvgIpc) is 2.64. The molecule has 0 aromatic heterocycles. The van der Waals surface area contributed by atoms with E-state index in [0.717, 1.165) is 19.4 Å². The van der Waals surface area contributed by atoms with Gasteiger partial charge >= 0.3 is 0 Å². The summed E-state index contributed by atoms with van der Waals surface area (Å²) in [5.41, 5.74) is 6.27. The molecule has 0 heterocycles. The van der Waals surface area contributed by atoms with E-state index in [2.05, 4.69) is 34.6 Å². The number of rotatable bonds is 3. The fourth-order valence-electron chi connectivity index (χ4n) is 1.35. The Morgan fingerprint density at radius 3 is 1.92 bits per heavy atom. The lowest BCUT2D eigenvalue weighted by atomic mass is 9.83. The fraction of sp³-hybridized carbons (Fsp3) is 1.00. The van der Waals surface area contributed by atoms with Crippen LogP contribution in [0.15, 0.2) is 0 Å². The van der Waals surface area contributed by atoms with Gasteiger partial charge in [-0.3, -0.25) is 0 Å². The Labute approximate surface area is 81.8 Å². The molecule has 0 aromatic rings. The minimum absolute atomic E-state index is 0.0399. The van der Waals surface area contributed by atoms with Gasteiger partial charge in [0.1, 0.15) is 0 Å². The highest BCUT2D eigenvalue weighted by Gasteiger charge is 2.51. The summed E-state index contributed by atoms with van der Waals surface area (Å²) in [6.45, 7) is 11.4. The van der Waals surface area contributed by atoms with Crippen molar-refractivity contribution in [1.29, 1.82) is 0 Å². The largest absolute Gasteiger partial charge is 0.375 e. The summed E-state index contributed by atoms with van der Waals surface area (Å²) in [6, 6.07) is 0. The first-order chi connectivity index (χ1) is 5.66. The van der Waals surface area contributed by atoms with E-state index >= 15 is 0 Å². The lowest BCUT2D eigenvalue weighted by molar-refractivity contribution is -0.0520. The molecule has 78 valence electrons. The first-order valence-electron chi connectivity index (χ1n) is 5.09. The normalized spacial score (nSPS) is 21.7. The highest BCUT2D eigenvalue weighted by atomic mass is 16.5. The van der Waals surface area contributed by atoms with Crippen LogP contribution in [-0.2, 0) is 4.74 Å².